The van der Waals surface area contributed by atoms with E-state index in [1.54, 1.807) is 33.0 Å². The van der Waals surface area contributed by atoms with Gasteiger partial charge in [0.25, 0.3) is 5.91 Å². The molecule has 0 aliphatic rings. The lowest BCUT2D eigenvalue weighted by molar-refractivity contribution is 0.0526. The number of nitrogens with zero attached hydrogens (tertiary/aromatic N) is 2. The zero-order valence-corrected chi connectivity index (χ0v) is 14.7. The van der Waals surface area contributed by atoms with Crippen molar-refractivity contribution in [1.29, 1.82) is 0 Å². The Bertz CT molecular complexity index is 746. The van der Waals surface area contributed by atoms with Crippen LogP contribution < -0.4 is 5.32 Å². The van der Waals surface area contributed by atoms with E-state index in [1.807, 2.05) is 12.1 Å². The number of amides is 1. The molecule has 6 nitrogen and oxygen atoms in total. The molecule has 2 rings (SSSR count). The molecule has 0 saturated carbocycles. The highest BCUT2D eigenvalue weighted by Crippen LogP contribution is 2.21. The molecule has 0 fully saturated rings. The Balaban J connectivity index is 2.27. The van der Waals surface area contributed by atoms with E-state index < -0.39 is 5.97 Å². The van der Waals surface area contributed by atoms with Crippen LogP contribution in [-0.2, 0) is 11.8 Å². The summed E-state index contributed by atoms with van der Waals surface area (Å²) in [6, 6.07) is 7.41. The third-order valence-corrected chi connectivity index (χ3v) is 3.77. The van der Waals surface area contributed by atoms with E-state index in [2.05, 4.69) is 24.3 Å². The lowest BCUT2D eigenvalue weighted by Crippen LogP contribution is -2.17. The smallest absolute Gasteiger partial charge is 0.343 e. The fraction of sp³-hybridized carbons (Fsp3) is 0.389. The molecule has 0 radical (unpaired) electrons. The van der Waals surface area contributed by atoms with Crippen molar-refractivity contribution in [3.8, 4) is 0 Å². The number of aryl methyl sites for hydroxylation is 2. The number of ether oxygens (including phenoxy) is 1. The monoisotopic (exact) mass is 329 g/mol. The molecule has 0 saturated heterocycles. The quantitative estimate of drug-likeness (QED) is 0.854. The van der Waals surface area contributed by atoms with Gasteiger partial charge in [0.1, 0.15) is 11.4 Å². The van der Waals surface area contributed by atoms with E-state index in [9.17, 15) is 9.59 Å². The summed E-state index contributed by atoms with van der Waals surface area (Å²) in [6.07, 6.45) is 0. The van der Waals surface area contributed by atoms with Crippen LogP contribution in [0.25, 0.3) is 0 Å². The molecule has 2 aromatic rings. The SMILES string of the molecule is CCOC(=O)c1c(C)nn(C)c1NC(=O)c1ccc(C(C)C)cc1. The van der Waals surface area contributed by atoms with Gasteiger partial charge in [0.05, 0.1) is 12.3 Å². The molecule has 0 unspecified atom stereocenters. The zero-order chi connectivity index (χ0) is 17.9. The summed E-state index contributed by atoms with van der Waals surface area (Å²) in [5, 5.41) is 6.96. The van der Waals surface area contributed by atoms with E-state index in [0.29, 0.717) is 23.0 Å². The maximum Gasteiger partial charge on any atom is 0.343 e. The van der Waals surface area contributed by atoms with Gasteiger partial charge in [-0.3, -0.25) is 9.48 Å². The first-order chi connectivity index (χ1) is 11.3. The maximum absolute atomic E-state index is 12.5. The van der Waals surface area contributed by atoms with Crippen molar-refractivity contribution in [2.45, 2.75) is 33.6 Å². The van der Waals surface area contributed by atoms with Crippen LogP contribution in [0.3, 0.4) is 0 Å². The van der Waals surface area contributed by atoms with E-state index >= 15 is 0 Å². The van der Waals surface area contributed by atoms with E-state index in [-0.39, 0.29) is 18.1 Å². The Hall–Kier alpha value is -2.63. The number of carbonyl (C=O) groups is 2. The number of aromatic nitrogens is 2. The average Bonchev–Trinajstić information content (AvgIpc) is 2.81. The minimum Gasteiger partial charge on any atom is -0.462 e. The molecule has 1 N–H and O–H groups in total. The summed E-state index contributed by atoms with van der Waals surface area (Å²) < 4.78 is 6.52. The van der Waals surface area contributed by atoms with E-state index in [4.69, 9.17) is 4.74 Å². The molecule has 0 atom stereocenters. The molecular weight excluding hydrogens is 306 g/mol. The van der Waals surface area contributed by atoms with Gasteiger partial charge < -0.3 is 10.1 Å². The third kappa shape index (κ3) is 3.64. The number of hydrogen-bond donors (Lipinski definition) is 1. The molecular formula is C18H23N3O3. The minimum atomic E-state index is -0.492. The standard InChI is InChI=1S/C18H23N3O3/c1-6-24-18(23)15-12(4)20-21(5)16(15)19-17(22)14-9-7-13(8-10-14)11(2)3/h7-11H,6H2,1-5H3,(H,19,22). The van der Waals surface area contributed by atoms with Crippen LogP contribution >= 0.6 is 0 Å². The normalized spacial score (nSPS) is 10.8. The summed E-state index contributed by atoms with van der Waals surface area (Å²) in [5.41, 5.74) is 2.48. The Labute approximate surface area is 141 Å². The van der Waals surface area contributed by atoms with Gasteiger partial charge in [0, 0.05) is 12.6 Å². The average molecular weight is 329 g/mol. The van der Waals surface area contributed by atoms with Crippen molar-refractivity contribution in [3.63, 3.8) is 0 Å². The molecule has 0 bridgehead atoms. The maximum atomic E-state index is 12.5. The molecule has 6 heteroatoms. The summed E-state index contributed by atoms with van der Waals surface area (Å²) >= 11 is 0. The van der Waals surface area contributed by atoms with Gasteiger partial charge in [-0.05, 0) is 37.5 Å². The van der Waals surface area contributed by atoms with Gasteiger partial charge in [-0.2, -0.15) is 5.10 Å². The van der Waals surface area contributed by atoms with Gasteiger partial charge >= 0.3 is 5.97 Å². The Morgan fingerprint density at radius 1 is 1.25 bits per heavy atom. The molecule has 1 aromatic heterocycles. The largest absolute Gasteiger partial charge is 0.462 e. The van der Waals surface area contributed by atoms with Crippen LogP contribution in [0.4, 0.5) is 5.82 Å². The summed E-state index contributed by atoms with van der Waals surface area (Å²) in [5.74, 6) is -0.0476. The molecule has 0 aliphatic carbocycles. The van der Waals surface area contributed by atoms with Crippen molar-refractivity contribution in [1.82, 2.24) is 9.78 Å². The van der Waals surface area contributed by atoms with Gasteiger partial charge in [0.2, 0.25) is 0 Å². The van der Waals surface area contributed by atoms with Crippen LogP contribution in [-0.4, -0.2) is 28.3 Å². The molecule has 1 heterocycles. The van der Waals surface area contributed by atoms with E-state index in [1.165, 1.54) is 4.68 Å². The second-order valence-electron chi connectivity index (χ2n) is 5.88. The highest BCUT2D eigenvalue weighted by Gasteiger charge is 2.23. The molecule has 24 heavy (non-hydrogen) atoms. The minimum absolute atomic E-state index is 0.261. The number of anilines is 1. The van der Waals surface area contributed by atoms with Gasteiger partial charge in [0.15, 0.2) is 0 Å². The first kappa shape index (κ1) is 17.7. The number of carbonyl (C=O) groups excluding carboxylic acids is 2. The van der Waals surface area contributed by atoms with Gasteiger partial charge in [-0.15, -0.1) is 0 Å². The van der Waals surface area contributed by atoms with Crippen LogP contribution in [0.5, 0.6) is 0 Å². The van der Waals surface area contributed by atoms with Crippen LogP contribution in [0.15, 0.2) is 24.3 Å². The number of nitrogens with one attached hydrogen (secondary N) is 1. The highest BCUT2D eigenvalue weighted by atomic mass is 16.5. The summed E-state index contributed by atoms with van der Waals surface area (Å²) in [7, 11) is 1.67. The molecule has 1 amide bonds. The predicted octanol–water partition coefficient (Wildman–Crippen LogP) is 3.28. The molecule has 0 aliphatic heterocycles. The highest BCUT2D eigenvalue weighted by molar-refractivity contribution is 6.07. The first-order valence-corrected chi connectivity index (χ1v) is 7.97. The fourth-order valence-electron chi connectivity index (χ4n) is 2.45. The predicted molar refractivity (Wildman–Crippen MR) is 92.4 cm³/mol. The first-order valence-electron chi connectivity index (χ1n) is 7.97. The lowest BCUT2D eigenvalue weighted by Gasteiger charge is -2.10. The van der Waals surface area contributed by atoms with Crippen LogP contribution in [0, 0.1) is 6.92 Å². The Morgan fingerprint density at radius 2 is 1.88 bits per heavy atom. The number of esters is 1. The molecule has 128 valence electrons. The number of hydrogen-bond acceptors (Lipinski definition) is 4. The third-order valence-electron chi connectivity index (χ3n) is 3.77. The van der Waals surface area contributed by atoms with E-state index in [0.717, 1.165) is 5.56 Å². The van der Waals surface area contributed by atoms with Gasteiger partial charge in [-0.25, -0.2) is 4.79 Å². The van der Waals surface area contributed by atoms with Crippen molar-refractivity contribution >= 4 is 17.7 Å². The lowest BCUT2D eigenvalue weighted by atomic mass is 10.0. The Kier molecular flexibility index (Phi) is 5.39. The van der Waals surface area contributed by atoms with Crippen molar-refractivity contribution < 1.29 is 14.3 Å². The number of benzene rings is 1. The molecule has 0 spiro atoms. The summed E-state index contributed by atoms with van der Waals surface area (Å²) in [4.78, 5) is 24.6. The second kappa shape index (κ2) is 7.29. The van der Waals surface area contributed by atoms with Crippen molar-refractivity contribution in [2.75, 3.05) is 11.9 Å². The van der Waals surface area contributed by atoms with Crippen LogP contribution in [0.1, 0.15) is 58.7 Å². The zero-order valence-electron chi connectivity index (χ0n) is 14.7. The van der Waals surface area contributed by atoms with Crippen LogP contribution in [0.2, 0.25) is 0 Å². The fourth-order valence-corrected chi connectivity index (χ4v) is 2.45. The topological polar surface area (TPSA) is 73.2 Å². The molecule has 1 aromatic carbocycles. The van der Waals surface area contributed by atoms with Gasteiger partial charge in [-0.1, -0.05) is 26.0 Å². The van der Waals surface area contributed by atoms with Crippen molar-refractivity contribution in [2.24, 2.45) is 7.05 Å². The summed E-state index contributed by atoms with van der Waals surface area (Å²) in [6.45, 7) is 7.90. The number of rotatable bonds is 5. The second-order valence-corrected chi connectivity index (χ2v) is 5.88. The Morgan fingerprint density at radius 3 is 2.42 bits per heavy atom. The van der Waals surface area contributed by atoms with Crippen molar-refractivity contribution in [3.05, 3.63) is 46.6 Å².